The van der Waals surface area contributed by atoms with E-state index in [2.05, 4.69) is 126 Å². The van der Waals surface area contributed by atoms with Crippen LogP contribution in [0.5, 0.6) is 0 Å². The van der Waals surface area contributed by atoms with Crippen molar-refractivity contribution >= 4 is 75.7 Å². The lowest BCUT2D eigenvalue weighted by atomic mass is 9.89. The molecular weight excluding hydrogens is 484 g/mol. The van der Waals surface area contributed by atoms with Gasteiger partial charge in [-0.2, -0.15) is 0 Å². The fraction of sp³-hybridized carbons (Fsp3) is 0. The maximum atomic E-state index is 5.20. The van der Waals surface area contributed by atoms with Crippen LogP contribution in [0, 0.1) is 0 Å². The summed E-state index contributed by atoms with van der Waals surface area (Å²) in [6.45, 7) is 0. The third kappa shape index (κ3) is 2.99. The second kappa shape index (κ2) is 8.08. The molecule has 0 fully saturated rings. The zero-order valence-corrected chi connectivity index (χ0v) is 21.6. The topological polar surface area (TPSA) is 25.8 Å². The second-order valence-corrected chi connectivity index (χ2v) is 10.6. The molecule has 0 unspecified atom stereocenters. The van der Waals surface area contributed by atoms with E-state index in [1.165, 1.54) is 53.9 Å². The lowest BCUT2D eigenvalue weighted by molar-refractivity contribution is 1.37. The SMILES string of the molecule is c1cnc2c(c1)ccc1ccc(-c3cc4ccc5cccc6c7ccccc7c7ccccc7c(c3)c4c56)nc12. The first kappa shape index (κ1) is 21.6. The Morgan fingerprint density at radius 2 is 0.950 bits per heavy atom. The number of benzene rings is 6. The Labute approximate surface area is 230 Å². The first-order chi connectivity index (χ1) is 19.8. The van der Waals surface area contributed by atoms with Gasteiger partial charge in [-0.25, -0.2) is 4.98 Å². The van der Waals surface area contributed by atoms with Crippen molar-refractivity contribution < 1.29 is 0 Å². The van der Waals surface area contributed by atoms with Crippen LogP contribution in [0.1, 0.15) is 0 Å². The summed E-state index contributed by atoms with van der Waals surface area (Å²) in [6, 6.07) is 46.1. The molecule has 7 aromatic carbocycles. The molecule has 0 saturated carbocycles. The van der Waals surface area contributed by atoms with Crippen LogP contribution in [0.4, 0.5) is 0 Å². The van der Waals surface area contributed by atoms with E-state index in [0.717, 1.165) is 33.1 Å². The number of hydrogen-bond acceptors (Lipinski definition) is 2. The minimum absolute atomic E-state index is 0.938. The van der Waals surface area contributed by atoms with Gasteiger partial charge in [0.05, 0.1) is 16.7 Å². The summed E-state index contributed by atoms with van der Waals surface area (Å²) in [7, 11) is 0. The Bertz CT molecular complexity index is 2490. The van der Waals surface area contributed by atoms with E-state index >= 15 is 0 Å². The number of fused-ring (bicyclic) bond motifs is 8. The molecule has 0 bridgehead atoms. The van der Waals surface area contributed by atoms with Gasteiger partial charge in [0.1, 0.15) is 0 Å². The average Bonchev–Trinajstić information content (AvgIpc) is 3.03. The number of rotatable bonds is 1. The summed E-state index contributed by atoms with van der Waals surface area (Å²) in [4.78, 5) is 9.89. The first-order valence-corrected chi connectivity index (χ1v) is 13.7. The van der Waals surface area contributed by atoms with Gasteiger partial charge in [-0.3, -0.25) is 4.98 Å². The van der Waals surface area contributed by atoms with Crippen LogP contribution in [-0.4, -0.2) is 9.97 Å². The molecule has 2 aromatic heterocycles. The molecule has 0 N–H and O–H groups in total. The van der Waals surface area contributed by atoms with Crippen LogP contribution < -0.4 is 0 Å². The molecule has 0 saturated heterocycles. The molecular formula is C38H22N2. The molecule has 0 amide bonds. The lowest BCUT2D eigenvalue weighted by Crippen LogP contribution is -1.90. The molecule has 0 atom stereocenters. The van der Waals surface area contributed by atoms with E-state index in [1.807, 2.05) is 12.3 Å². The summed E-state index contributed by atoms with van der Waals surface area (Å²) in [6.07, 6.45) is 1.85. The highest BCUT2D eigenvalue weighted by atomic mass is 14.7. The minimum Gasteiger partial charge on any atom is -0.254 e. The van der Waals surface area contributed by atoms with Gasteiger partial charge in [0.25, 0.3) is 0 Å². The zero-order chi connectivity index (χ0) is 26.2. The van der Waals surface area contributed by atoms with Gasteiger partial charge < -0.3 is 0 Å². The van der Waals surface area contributed by atoms with Gasteiger partial charge >= 0.3 is 0 Å². The van der Waals surface area contributed by atoms with E-state index in [9.17, 15) is 0 Å². The summed E-state index contributed by atoms with van der Waals surface area (Å²) >= 11 is 0. The van der Waals surface area contributed by atoms with Crippen LogP contribution in [0.15, 0.2) is 134 Å². The third-order valence-corrected chi connectivity index (χ3v) is 8.41. The van der Waals surface area contributed by atoms with Gasteiger partial charge in [0, 0.05) is 22.5 Å². The largest absolute Gasteiger partial charge is 0.254 e. The van der Waals surface area contributed by atoms with Gasteiger partial charge in [-0.15, -0.1) is 0 Å². The molecule has 184 valence electrons. The van der Waals surface area contributed by atoms with Gasteiger partial charge in [-0.05, 0) is 78.1 Å². The summed E-state index contributed by atoms with van der Waals surface area (Å²) < 4.78 is 0. The minimum atomic E-state index is 0.938. The van der Waals surface area contributed by atoms with Gasteiger partial charge in [0.15, 0.2) is 0 Å². The van der Waals surface area contributed by atoms with E-state index in [-0.39, 0.29) is 0 Å². The predicted molar refractivity (Wildman–Crippen MR) is 170 cm³/mol. The maximum absolute atomic E-state index is 5.20. The van der Waals surface area contributed by atoms with E-state index in [0.29, 0.717) is 0 Å². The van der Waals surface area contributed by atoms with Crippen molar-refractivity contribution in [3.8, 4) is 11.3 Å². The summed E-state index contributed by atoms with van der Waals surface area (Å²) in [5.74, 6) is 0. The number of aromatic nitrogens is 2. The highest BCUT2D eigenvalue weighted by Crippen LogP contribution is 2.41. The van der Waals surface area contributed by atoms with Crippen LogP contribution in [0.2, 0.25) is 0 Å². The lowest BCUT2D eigenvalue weighted by Gasteiger charge is -2.15. The van der Waals surface area contributed by atoms with Crippen LogP contribution in [0.25, 0.3) is 86.9 Å². The molecule has 2 nitrogen and oxygen atoms in total. The van der Waals surface area contributed by atoms with E-state index in [4.69, 9.17) is 4.98 Å². The molecule has 2 heterocycles. The normalized spacial score (nSPS) is 12.0. The maximum Gasteiger partial charge on any atom is 0.0972 e. The highest BCUT2D eigenvalue weighted by molar-refractivity contribution is 6.33. The average molecular weight is 507 g/mol. The Hall–Kier alpha value is -5.34. The van der Waals surface area contributed by atoms with Crippen molar-refractivity contribution in [3.05, 3.63) is 134 Å². The van der Waals surface area contributed by atoms with Crippen LogP contribution in [0.3, 0.4) is 0 Å². The van der Waals surface area contributed by atoms with Gasteiger partial charge in [-0.1, -0.05) is 103 Å². The monoisotopic (exact) mass is 506 g/mol. The van der Waals surface area contributed by atoms with Crippen LogP contribution in [-0.2, 0) is 0 Å². The summed E-state index contributed by atoms with van der Waals surface area (Å²) in [5, 5.41) is 14.9. The van der Waals surface area contributed by atoms with Crippen molar-refractivity contribution in [1.29, 1.82) is 0 Å². The fourth-order valence-corrected chi connectivity index (χ4v) is 6.62. The molecule has 0 aliphatic carbocycles. The Morgan fingerprint density at radius 1 is 0.375 bits per heavy atom. The van der Waals surface area contributed by atoms with Crippen molar-refractivity contribution in [2.24, 2.45) is 0 Å². The quantitative estimate of drug-likeness (QED) is 0.207. The molecule has 0 aliphatic heterocycles. The standard InChI is InChI=1S/C38H22N2/c1-3-11-30-28(9-1)29-10-2-4-12-31(29)33-22-27(21-26-17-14-23-7-5-13-32(30)35(23)36(26)33)34-19-18-25-16-15-24-8-6-20-39-37(24)38(25)40-34/h1-22H. The predicted octanol–water partition coefficient (Wildman–Crippen LogP) is 10.2. The van der Waals surface area contributed by atoms with Crippen molar-refractivity contribution in [2.45, 2.75) is 0 Å². The Kier molecular flexibility index (Phi) is 4.36. The second-order valence-electron chi connectivity index (χ2n) is 10.6. The smallest absolute Gasteiger partial charge is 0.0972 e. The third-order valence-electron chi connectivity index (χ3n) is 8.41. The summed E-state index contributed by atoms with van der Waals surface area (Å²) in [5.41, 5.74) is 3.94. The zero-order valence-electron chi connectivity index (χ0n) is 21.6. The number of nitrogens with zero attached hydrogens (tertiary/aromatic N) is 2. The molecule has 40 heavy (non-hydrogen) atoms. The molecule has 2 heteroatoms. The molecule has 9 rings (SSSR count). The number of hydrogen-bond donors (Lipinski definition) is 0. The fourth-order valence-electron chi connectivity index (χ4n) is 6.62. The Morgan fingerprint density at radius 3 is 1.75 bits per heavy atom. The number of pyridine rings is 2. The molecule has 9 aromatic rings. The van der Waals surface area contributed by atoms with Crippen molar-refractivity contribution in [1.82, 2.24) is 9.97 Å². The van der Waals surface area contributed by atoms with Crippen LogP contribution >= 0.6 is 0 Å². The molecule has 0 spiro atoms. The van der Waals surface area contributed by atoms with Crippen molar-refractivity contribution in [3.63, 3.8) is 0 Å². The molecule has 0 radical (unpaired) electrons. The highest BCUT2D eigenvalue weighted by Gasteiger charge is 2.15. The molecule has 0 aliphatic rings. The van der Waals surface area contributed by atoms with Crippen molar-refractivity contribution in [2.75, 3.05) is 0 Å². The van der Waals surface area contributed by atoms with Gasteiger partial charge in [0.2, 0.25) is 0 Å². The first-order valence-electron chi connectivity index (χ1n) is 13.7. The Balaban J connectivity index is 1.49. The van der Waals surface area contributed by atoms with E-state index in [1.54, 1.807) is 0 Å². The van der Waals surface area contributed by atoms with E-state index < -0.39 is 0 Å².